The minimum absolute atomic E-state index is 0.00498. The summed E-state index contributed by atoms with van der Waals surface area (Å²) < 4.78 is 93.1. The largest absolute Gasteiger partial charge is 0.674 e. The van der Waals surface area contributed by atoms with Gasteiger partial charge >= 0.3 is 12.4 Å². The molecule has 4 rings (SSSR count). The summed E-state index contributed by atoms with van der Waals surface area (Å²) in [5.74, 6) is -1.72. The predicted octanol–water partition coefficient (Wildman–Crippen LogP) is 5.99. The summed E-state index contributed by atoms with van der Waals surface area (Å²) in [4.78, 5) is 16.5. The molecule has 35 heavy (non-hydrogen) atoms. The van der Waals surface area contributed by atoms with Crippen LogP contribution in [0.2, 0.25) is 0 Å². The molecule has 190 valence electrons. The van der Waals surface area contributed by atoms with Crippen molar-refractivity contribution in [2.75, 3.05) is 26.2 Å². The summed E-state index contributed by atoms with van der Waals surface area (Å²) in [6.07, 6.45) is -9.00. The Morgan fingerprint density at radius 3 is 1.97 bits per heavy atom. The molecule has 1 amide bonds. The van der Waals surface area contributed by atoms with Crippen LogP contribution in [0.15, 0.2) is 42.5 Å². The lowest BCUT2D eigenvalue weighted by molar-refractivity contribution is -0.143. The molecule has 11 heteroatoms. The Morgan fingerprint density at radius 1 is 0.857 bits per heavy atom. The van der Waals surface area contributed by atoms with Crippen molar-refractivity contribution < 1.29 is 35.5 Å². The lowest BCUT2D eigenvalue weighted by Gasteiger charge is -2.43. The van der Waals surface area contributed by atoms with E-state index in [0.29, 0.717) is 43.6 Å². The van der Waals surface area contributed by atoms with E-state index >= 15 is 0 Å². The van der Waals surface area contributed by atoms with Crippen molar-refractivity contribution in [1.82, 2.24) is 9.80 Å². The number of benzene rings is 2. The number of likely N-dealkylation sites (tertiary alicyclic amines) is 2. The first kappa shape index (κ1) is 25.4. The van der Waals surface area contributed by atoms with Crippen LogP contribution in [-0.4, -0.2) is 54.0 Å². The number of nitrogens with one attached hydrogen (secondary N) is 1. The second kappa shape index (κ2) is 9.42. The van der Waals surface area contributed by atoms with E-state index in [4.69, 9.17) is 5.73 Å². The molecule has 1 N–H and O–H groups in total. The Balaban J connectivity index is 1.65. The fourth-order valence-corrected chi connectivity index (χ4v) is 4.95. The molecule has 2 fully saturated rings. The molecule has 4 nitrogen and oxygen atoms in total. The van der Waals surface area contributed by atoms with Crippen LogP contribution in [0.3, 0.4) is 0 Å². The van der Waals surface area contributed by atoms with E-state index in [-0.39, 0.29) is 37.2 Å². The molecule has 2 aliphatic rings. The van der Waals surface area contributed by atoms with Crippen LogP contribution in [-0.2, 0) is 12.4 Å². The Labute approximate surface area is 197 Å². The highest BCUT2D eigenvalue weighted by molar-refractivity contribution is 5.95. The summed E-state index contributed by atoms with van der Waals surface area (Å²) in [5.41, 5.74) is 4.94. The minimum atomic E-state index is -5.05. The summed E-state index contributed by atoms with van der Waals surface area (Å²) in [6, 6.07) is 6.22. The van der Waals surface area contributed by atoms with Gasteiger partial charge in [-0.15, -0.1) is 6.04 Å². The fourth-order valence-electron chi connectivity index (χ4n) is 4.95. The number of hydrogen-bond acceptors (Lipinski definition) is 2. The molecular formula is C24H23F7N3O-. The third-order valence-electron chi connectivity index (χ3n) is 6.69. The van der Waals surface area contributed by atoms with Crippen molar-refractivity contribution in [2.45, 2.75) is 43.2 Å². The van der Waals surface area contributed by atoms with Crippen LogP contribution < -0.4 is 0 Å². The first-order valence-corrected chi connectivity index (χ1v) is 11.1. The zero-order chi connectivity index (χ0) is 25.5. The van der Waals surface area contributed by atoms with Crippen molar-refractivity contribution in [3.63, 3.8) is 0 Å². The lowest BCUT2D eigenvalue weighted by Crippen LogP contribution is -2.51. The van der Waals surface area contributed by atoms with Crippen molar-refractivity contribution >= 4 is 5.91 Å². The summed E-state index contributed by atoms with van der Waals surface area (Å²) >= 11 is 0. The van der Waals surface area contributed by atoms with E-state index in [1.165, 1.54) is 17.0 Å². The molecule has 0 spiro atoms. The number of carbonyl (C=O) groups is 1. The number of nitrogens with zero attached hydrogens (tertiary/aromatic N) is 2. The molecule has 0 saturated carbocycles. The topological polar surface area (TPSA) is 47.4 Å². The highest BCUT2D eigenvalue weighted by Crippen LogP contribution is 2.38. The van der Waals surface area contributed by atoms with Crippen molar-refractivity contribution in [3.8, 4) is 0 Å². The molecule has 0 aromatic heterocycles. The van der Waals surface area contributed by atoms with Crippen LogP contribution in [0.25, 0.3) is 5.73 Å². The number of amides is 1. The van der Waals surface area contributed by atoms with Gasteiger partial charge in [-0.05, 0) is 55.4 Å². The smallest absolute Gasteiger partial charge is 0.416 e. The van der Waals surface area contributed by atoms with Gasteiger partial charge in [-0.1, -0.05) is 18.6 Å². The van der Waals surface area contributed by atoms with E-state index in [9.17, 15) is 35.5 Å². The molecule has 2 aromatic rings. The van der Waals surface area contributed by atoms with E-state index < -0.39 is 40.8 Å². The molecule has 3 atom stereocenters. The van der Waals surface area contributed by atoms with E-state index in [1.807, 2.05) is 0 Å². The lowest BCUT2D eigenvalue weighted by atomic mass is 9.84. The van der Waals surface area contributed by atoms with Gasteiger partial charge in [0.05, 0.1) is 11.1 Å². The fraction of sp³-hybridized carbons (Fsp3) is 0.458. The van der Waals surface area contributed by atoms with Crippen LogP contribution in [0.4, 0.5) is 30.7 Å². The van der Waals surface area contributed by atoms with Gasteiger partial charge in [-0.2, -0.15) is 26.3 Å². The zero-order valence-electron chi connectivity index (χ0n) is 18.5. The maximum absolute atomic E-state index is 13.5. The third-order valence-corrected chi connectivity index (χ3v) is 6.69. The molecule has 0 aliphatic carbocycles. The second-order valence-corrected chi connectivity index (χ2v) is 9.04. The monoisotopic (exact) mass is 502 g/mol. The van der Waals surface area contributed by atoms with Crippen molar-refractivity contribution in [2.24, 2.45) is 0 Å². The second-order valence-electron chi connectivity index (χ2n) is 9.04. The Morgan fingerprint density at radius 2 is 1.46 bits per heavy atom. The van der Waals surface area contributed by atoms with E-state index in [2.05, 4.69) is 4.90 Å². The highest BCUT2D eigenvalue weighted by Gasteiger charge is 2.40. The van der Waals surface area contributed by atoms with E-state index in [1.54, 1.807) is 12.1 Å². The SMILES string of the molecule is [NH-]C1CCN(C2CCN(C(=O)c3cc(C(F)(F)F)cc(C(F)(F)F)c3)CC2c2ccc(F)cc2)C1. The minimum Gasteiger partial charge on any atom is -0.674 e. The van der Waals surface area contributed by atoms with Crippen molar-refractivity contribution in [3.05, 3.63) is 76.3 Å². The van der Waals surface area contributed by atoms with Gasteiger partial charge in [-0.3, -0.25) is 4.79 Å². The number of carbonyl (C=O) groups excluding carboxylic acids is 1. The molecule has 0 radical (unpaired) electrons. The summed E-state index contributed by atoms with van der Waals surface area (Å²) in [6.45, 7) is 1.38. The van der Waals surface area contributed by atoms with Crippen LogP contribution >= 0.6 is 0 Å². The number of alkyl halides is 6. The zero-order valence-corrected chi connectivity index (χ0v) is 18.5. The maximum atomic E-state index is 13.5. The molecule has 0 bridgehead atoms. The van der Waals surface area contributed by atoms with Crippen LogP contribution in [0.1, 0.15) is 45.8 Å². The van der Waals surface area contributed by atoms with Crippen molar-refractivity contribution in [1.29, 1.82) is 0 Å². The molecule has 2 saturated heterocycles. The van der Waals surface area contributed by atoms with E-state index in [0.717, 1.165) is 0 Å². The predicted molar refractivity (Wildman–Crippen MR) is 114 cm³/mol. The quantitative estimate of drug-likeness (QED) is 0.485. The Hall–Kier alpha value is -2.66. The van der Waals surface area contributed by atoms with Gasteiger partial charge in [0.15, 0.2) is 0 Å². The number of piperidine rings is 1. The summed E-state index contributed by atoms with van der Waals surface area (Å²) in [7, 11) is 0. The molecule has 2 aliphatic heterocycles. The van der Waals surface area contributed by atoms with Gasteiger partial charge in [0, 0.05) is 30.6 Å². The normalized spacial score (nSPS) is 24.1. The van der Waals surface area contributed by atoms with Gasteiger partial charge in [0.25, 0.3) is 5.91 Å². The van der Waals surface area contributed by atoms with Gasteiger partial charge in [-0.25, -0.2) is 4.39 Å². The number of hydrogen-bond donors (Lipinski definition) is 0. The van der Waals surface area contributed by atoms with Gasteiger partial charge in [0.2, 0.25) is 0 Å². The third kappa shape index (κ3) is 5.61. The number of rotatable bonds is 3. The van der Waals surface area contributed by atoms with Crippen LogP contribution in [0.5, 0.6) is 0 Å². The average Bonchev–Trinajstić information content (AvgIpc) is 3.23. The first-order chi connectivity index (χ1) is 16.3. The number of halogens is 7. The molecule has 3 unspecified atom stereocenters. The molecule has 2 aromatic carbocycles. The Kier molecular flexibility index (Phi) is 6.85. The summed E-state index contributed by atoms with van der Waals surface area (Å²) in [5, 5.41) is 0. The molecule has 2 heterocycles. The standard InChI is InChI=1S/C24H23F7N3O/c25-18-3-1-14(2-4-18)20-13-34(8-6-21(20)33-7-5-19(32)12-33)22(35)15-9-16(23(26,27)28)11-17(10-15)24(29,30)31/h1-4,9-11,19-21,32H,5-8,12-13H2/q-1. The van der Waals surface area contributed by atoms with Gasteiger partial charge in [0.1, 0.15) is 5.82 Å². The average molecular weight is 502 g/mol. The molecular weight excluding hydrogens is 479 g/mol. The highest BCUT2D eigenvalue weighted by atomic mass is 19.4. The maximum Gasteiger partial charge on any atom is 0.416 e. The first-order valence-electron chi connectivity index (χ1n) is 11.1. The van der Waals surface area contributed by atoms with Gasteiger partial charge < -0.3 is 15.5 Å². The Bertz CT molecular complexity index is 1040. The van der Waals surface area contributed by atoms with Crippen LogP contribution in [0, 0.1) is 5.82 Å².